The molecule has 2 nitrogen and oxygen atoms in total. The number of para-hydroxylation sites is 1. The van der Waals surface area contributed by atoms with E-state index in [1.165, 1.54) is 6.07 Å². The first kappa shape index (κ1) is 10.7. The quantitative estimate of drug-likeness (QED) is 0.837. The van der Waals surface area contributed by atoms with Gasteiger partial charge < -0.3 is 10.2 Å². The van der Waals surface area contributed by atoms with E-state index in [1.54, 1.807) is 12.1 Å². The number of likely N-dealkylation sites (tertiary alicyclic amines) is 1. The highest BCUT2D eigenvalue weighted by molar-refractivity contribution is 6.33. The molecule has 1 fully saturated rings. The smallest absolute Gasteiger partial charge is 0.147 e. The molecule has 1 N–H and O–H groups in total. The Labute approximate surface area is 94.0 Å². The number of hydrogen-bond donors (Lipinski definition) is 1. The minimum atomic E-state index is -0.281. The fourth-order valence-corrected chi connectivity index (χ4v) is 2.11. The molecule has 4 heteroatoms. The van der Waals surface area contributed by atoms with Gasteiger partial charge >= 0.3 is 0 Å². The van der Waals surface area contributed by atoms with Crippen LogP contribution in [0.3, 0.4) is 0 Å². The van der Waals surface area contributed by atoms with Crippen LogP contribution >= 0.6 is 11.6 Å². The second kappa shape index (κ2) is 4.37. The van der Waals surface area contributed by atoms with Crippen LogP contribution in [0.25, 0.3) is 0 Å². The molecule has 82 valence electrons. The summed E-state index contributed by atoms with van der Waals surface area (Å²) in [5, 5.41) is 3.61. The Morgan fingerprint density at radius 2 is 2.33 bits per heavy atom. The lowest BCUT2D eigenvalue weighted by Crippen LogP contribution is -2.24. The van der Waals surface area contributed by atoms with Crippen molar-refractivity contribution in [3.8, 4) is 0 Å². The highest BCUT2D eigenvalue weighted by Gasteiger charge is 2.20. The number of nitrogens with zero attached hydrogens (tertiary/aromatic N) is 1. The second-order valence-corrected chi connectivity index (χ2v) is 4.40. The summed E-state index contributed by atoms with van der Waals surface area (Å²) in [5.74, 6) is -0.281. The van der Waals surface area contributed by atoms with Crippen molar-refractivity contribution in [3.05, 3.63) is 29.0 Å². The van der Waals surface area contributed by atoms with E-state index in [9.17, 15) is 4.39 Å². The van der Waals surface area contributed by atoms with Crippen LogP contribution in [0.5, 0.6) is 0 Å². The predicted octanol–water partition coefficient (Wildman–Crippen LogP) is 2.60. The maximum atomic E-state index is 13.4. The summed E-state index contributed by atoms with van der Waals surface area (Å²) in [5.41, 5.74) is 0.430. The van der Waals surface area contributed by atoms with E-state index in [4.69, 9.17) is 11.6 Å². The Hall–Kier alpha value is -0.800. The lowest BCUT2D eigenvalue weighted by Gasteiger charge is -2.15. The van der Waals surface area contributed by atoms with Crippen molar-refractivity contribution in [1.29, 1.82) is 0 Å². The standard InChI is InChI=1S/C11H14ClFN2/c1-15-6-5-8(7-15)14-11-9(12)3-2-4-10(11)13/h2-4,8,14H,5-7H2,1H3. The third-order valence-corrected chi connectivity index (χ3v) is 3.02. The highest BCUT2D eigenvalue weighted by atomic mass is 35.5. The van der Waals surface area contributed by atoms with E-state index >= 15 is 0 Å². The molecule has 1 aliphatic heterocycles. The number of anilines is 1. The van der Waals surface area contributed by atoms with Gasteiger partial charge in [0.15, 0.2) is 0 Å². The maximum absolute atomic E-state index is 13.4. The van der Waals surface area contributed by atoms with Gasteiger partial charge in [0.25, 0.3) is 0 Å². The predicted molar refractivity (Wildman–Crippen MR) is 60.9 cm³/mol. The van der Waals surface area contributed by atoms with Crippen molar-refractivity contribution >= 4 is 17.3 Å². The molecule has 0 radical (unpaired) electrons. The Morgan fingerprint density at radius 3 is 2.93 bits per heavy atom. The lowest BCUT2D eigenvalue weighted by atomic mass is 10.2. The summed E-state index contributed by atoms with van der Waals surface area (Å²) in [6.45, 7) is 1.98. The topological polar surface area (TPSA) is 15.3 Å². The van der Waals surface area contributed by atoms with Crippen molar-refractivity contribution in [3.63, 3.8) is 0 Å². The average Bonchev–Trinajstić information content (AvgIpc) is 2.58. The van der Waals surface area contributed by atoms with E-state index in [-0.39, 0.29) is 5.82 Å². The van der Waals surface area contributed by atoms with E-state index in [1.807, 2.05) is 0 Å². The molecular formula is C11H14ClFN2. The Kier molecular flexibility index (Phi) is 3.12. The SMILES string of the molecule is CN1CCC(Nc2c(F)cccc2Cl)C1. The van der Waals surface area contributed by atoms with Crippen LogP contribution in [-0.4, -0.2) is 31.1 Å². The monoisotopic (exact) mass is 228 g/mol. The fraction of sp³-hybridized carbons (Fsp3) is 0.455. The average molecular weight is 229 g/mol. The number of hydrogen-bond acceptors (Lipinski definition) is 2. The second-order valence-electron chi connectivity index (χ2n) is 3.99. The van der Waals surface area contributed by atoms with Gasteiger partial charge in [-0.05, 0) is 32.1 Å². The molecule has 1 heterocycles. The van der Waals surface area contributed by atoms with Gasteiger partial charge in [0.1, 0.15) is 5.82 Å². The summed E-state index contributed by atoms with van der Waals surface area (Å²) < 4.78 is 13.4. The van der Waals surface area contributed by atoms with Crippen LogP contribution in [0.4, 0.5) is 10.1 Å². The molecule has 15 heavy (non-hydrogen) atoms. The Bertz CT molecular complexity index is 336. The highest BCUT2D eigenvalue weighted by Crippen LogP contribution is 2.26. The van der Waals surface area contributed by atoms with E-state index < -0.39 is 0 Å². The van der Waals surface area contributed by atoms with E-state index in [0.29, 0.717) is 16.8 Å². The zero-order chi connectivity index (χ0) is 10.8. The van der Waals surface area contributed by atoms with Gasteiger partial charge in [-0.15, -0.1) is 0 Å². The molecule has 0 bridgehead atoms. The minimum absolute atomic E-state index is 0.281. The molecule has 1 aromatic carbocycles. The van der Waals surface area contributed by atoms with Gasteiger partial charge in [-0.25, -0.2) is 4.39 Å². The summed E-state index contributed by atoms with van der Waals surface area (Å²) in [4.78, 5) is 2.21. The van der Waals surface area contributed by atoms with Gasteiger partial charge in [0.05, 0.1) is 10.7 Å². The van der Waals surface area contributed by atoms with Crippen LogP contribution in [0.15, 0.2) is 18.2 Å². The van der Waals surface area contributed by atoms with Crippen LogP contribution in [0, 0.1) is 5.82 Å². The van der Waals surface area contributed by atoms with Crippen molar-refractivity contribution in [1.82, 2.24) is 4.90 Å². The zero-order valence-corrected chi connectivity index (χ0v) is 9.39. The molecule has 0 aliphatic carbocycles. The fourth-order valence-electron chi connectivity index (χ4n) is 1.89. The summed E-state index contributed by atoms with van der Waals surface area (Å²) >= 11 is 5.93. The van der Waals surface area contributed by atoms with Gasteiger partial charge in [-0.1, -0.05) is 17.7 Å². The molecule has 1 aromatic rings. The molecule has 0 amide bonds. The molecule has 0 spiro atoms. The molecule has 1 unspecified atom stereocenters. The van der Waals surface area contributed by atoms with Crippen LogP contribution in [0.1, 0.15) is 6.42 Å². The third kappa shape index (κ3) is 2.41. The van der Waals surface area contributed by atoms with Crippen molar-refractivity contribution in [2.45, 2.75) is 12.5 Å². The van der Waals surface area contributed by atoms with E-state index in [2.05, 4.69) is 17.3 Å². The molecule has 0 aromatic heterocycles. The first-order valence-corrected chi connectivity index (χ1v) is 5.43. The number of likely N-dealkylation sites (N-methyl/N-ethyl adjacent to an activating group) is 1. The Balaban J connectivity index is 2.10. The normalized spacial score (nSPS) is 21.9. The van der Waals surface area contributed by atoms with Crippen molar-refractivity contribution in [2.24, 2.45) is 0 Å². The van der Waals surface area contributed by atoms with Gasteiger partial charge in [-0.3, -0.25) is 0 Å². The number of rotatable bonds is 2. The van der Waals surface area contributed by atoms with Gasteiger partial charge in [0.2, 0.25) is 0 Å². The molecular weight excluding hydrogens is 215 g/mol. The molecule has 1 saturated heterocycles. The molecule has 1 aliphatic rings. The largest absolute Gasteiger partial charge is 0.377 e. The number of nitrogens with one attached hydrogen (secondary N) is 1. The molecule has 2 rings (SSSR count). The van der Waals surface area contributed by atoms with E-state index in [0.717, 1.165) is 19.5 Å². The van der Waals surface area contributed by atoms with Crippen LogP contribution < -0.4 is 5.32 Å². The summed E-state index contributed by atoms with van der Waals surface area (Å²) in [7, 11) is 2.06. The minimum Gasteiger partial charge on any atom is -0.377 e. The maximum Gasteiger partial charge on any atom is 0.147 e. The number of benzene rings is 1. The van der Waals surface area contributed by atoms with Gasteiger partial charge in [0, 0.05) is 12.6 Å². The molecule has 1 atom stereocenters. The Morgan fingerprint density at radius 1 is 1.53 bits per heavy atom. The van der Waals surface area contributed by atoms with Gasteiger partial charge in [-0.2, -0.15) is 0 Å². The zero-order valence-electron chi connectivity index (χ0n) is 8.63. The lowest BCUT2D eigenvalue weighted by molar-refractivity contribution is 0.414. The third-order valence-electron chi connectivity index (χ3n) is 2.70. The number of halogens is 2. The first-order chi connectivity index (χ1) is 7.16. The van der Waals surface area contributed by atoms with Crippen molar-refractivity contribution < 1.29 is 4.39 Å². The van der Waals surface area contributed by atoms with Crippen molar-refractivity contribution in [2.75, 3.05) is 25.5 Å². The first-order valence-electron chi connectivity index (χ1n) is 5.06. The summed E-state index contributed by atoms with van der Waals surface area (Å²) in [6, 6.07) is 5.03. The van der Waals surface area contributed by atoms with Crippen LogP contribution in [-0.2, 0) is 0 Å². The molecule has 0 saturated carbocycles. The summed E-state index contributed by atoms with van der Waals surface area (Å²) in [6.07, 6.45) is 1.03. The van der Waals surface area contributed by atoms with Crippen LogP contribution in [0.2, 0.25) is 5.02 Å².